The summed E-state index contributed by atoms with van der Waals surface area (Å²) in [5.41, 5.74) is 1.43. The van der Waals surface area contributed by atoms with Crippen molar-refractivity contribution < 1.29 is 9.13 Å². The van der Waals surface area contributed by atoms with Crippen molar-refractivity contribution in [3.8, 4) is 11.4 Å². The first-order valence-corrected chi connectivity index (χ1v) is 11.9. The predicted octanol–water partition coefficient (Wildman–Crippen LogP) is 6.00. The van der Waals surface area contributed by atoms with Crippen molar-refractivity contribution in [3.63, 3.8) is 0 Å². The number of rotatable bonds is 6. The van der Waals surface area contributed by atoms with Crippen LogP contribution in [-0.2, 0) is 12.8 Å². The molecule has 0 amide bonds. The molecule has 0 saturated heterocycles. The standard InChI is InChI=1S/C21H17ClFN3O2S3/c1-3-28-13-9-7-12(8-10-13)26-18-17(31-21(26)29)19(27)25(2)20(24-18)30-11-14-15(22)5-4-6-16(14)23/h4-10H,3,11H2,1-2H3. The maximum absolute atomic E-state index is 14.1. The Bertz CT molecular complexity index is 1360. The highest BCUT2D eigenvalue weighted by molar-refractivity contribution is 7.98. The molecule has 5 nitrogen and oxygen atoms in total. The number of ether oxygens (including phenoxy) is 1. The van der Waals surface area contributed by atoms with Crippen LogP contribution >= 0.6 is 46.9 Å². The first-order valence-electron chi connectivity index (χ1n) is 9.32. The molecule has 4 rings (SSSR count). The van der Waals surface area contributed by atoms with E-state index in [0.29, 0.717) is 36.7 Å². The largest absolute Gasteiger partial charge is 0.494 e. The number of hydrogen-bond acceptors (Lipinski definition) is 6. The lowest BCUT2D eigenvalue weighted by atomic mass is 10.2. The minimum absolute atomic E-state index is 0.201. The Morgan fingerprint density at radius 3 is 2.68 bits per heavy atom. The van der Waals surface area contributed by atoms with Gasteiger partial charge in [0.2, 0.25) is 0 Å². The molecule has 2 aromatic carbocycles. The van der Waals surface area contributed by atoms with Gasteiger partial charge in [-0.05, 0) is 55.5 Å². The highest BCUT2D eigenvalue weighted by Crippen LogP contribution is 2.30. The fourth-order valence-electron chi connectivity index (χ4n) is 3.03. The Morgan fingerprint density at radius 1 is 1.26 bits per heavy atom. The van der Waals surface area contributed by atoms with Gasteiger partial charge in [0, 0.05) is 29.1 Å². The topological polar surface area (TPSA) is 49.0 Å². The van der Waals surface area contributed by atoms with E-state index >= 15 is 0 Å². The fourth-order valence-corrected chi connectivity index (χ4v) is 5.69. The zero-order valence-corrected chi connectivity index (χ0v) is 19.8. The molecule has 160 valence electrons. The third kappa shape index (κ3) is 4.27. The molecule has 4 aromatic rings. The lowest BCUT2D eigenvalue weighted by molar-refractivity contribution is 0.340. The zero-order valence-electron chi connectivity index (χ0n) is 16.6. The van der Waals surface area contributed by atoms with Crippen LogP contribution in [-0.4, -0.2) is 20.7 Å². The van der Waals surface area contributed by atoms with Crippen LogP contribution in [0.2, 0.25) is 5.02 Å². The van der Waals surface area contributed by atoms with Crippen LogP contribution in [0.15, 0.2) is 52.4 Å². The van der Waals surface area contributed by atoms with E-state index < -0.39 is 0 Å². The van der Waals surface area contributed by atoms with Crippen LogP contribution in [0.5, 0.6) is 5.75 Å². The molecule has 0 bridgehead atoms. The van der Waals surface area contributed by atoms with Crippen molar-refractivity contribution in [1.29, 1.82) is 0 Å². The van der Waals surface area contributed by atoms with Crippen molar-refractivity contribution in [2.45, 2.75) is 17.8 Å². The summed E-state index contributed by atoms with van der Waals surface area (Å²) in [6.45, 7) is 2.49. The summed E-state index contributed by atoms with van der Waals surface area (Å²) in [5.74, 6) is 0.601. The minimum Gasteiger partial charge on any atom is -0.494 e. The van der Waals surface area contributed by atoms with Gasteiger partial charge in [-0.15, -0.1) is 0 Å². The van der Waals surface area contributed by atoms with Gasteiger partial charge in [-0.1, -0.05) is 40.8 Å². The van der Waals surface area contributed by atoms with Crippen molar-refractivity contribution >= 4 is 57.3 Å². The highest BCUT2D eigenvalue weighted by atomic mass is 35.5. The van der Waals surface area contributed by atoms with Crippen molar-refractivity contribution in [3.05, 3.63) is 73.2 Å². The van der Waals surface area contributed by atoms with E-state index in [2.05, 4.69) is 0 Å². The molecule has 0 aliphatic heterocycles. The van der Waals surface area contributed by atoms with Gasteiger partial charge in [0.05, 0.1) is 6.61 Å². The van der Waals surface area contributed by atoms with Crippen LogP contribution in [0.25, 0.3) is 16.0 Å². The SMILES string of the molecule is CCOc1ccc(-n2c(=S)sc3c(=O)n(C)c(SCc4c(F)cccc4Cl)nc32)cc1. The number of thioether (sulfide) groups is 1. The number of halogens is 2. The second-order valence-electron chi connectivity index (χ2n) is 6.53. The van der Waals surface area contributed by atoms with E-state index in [1.807, 2.05) is 31.2 Å². The molecule has 0 fully saturated rings. The first kappa shape index (κ1) is 22.0. The van der Waals surface area contributed by atoms with Gasteiger partial charge in [-0.2, -0.15) is 0 Å². The summed E-state index contributed by atoms with van der Waals surface area (Å²) in [5, 5.41) is 0.788. The molecule has 2 heterocycles. The number of fused-ring (bicyclic) bond motifs is 1. The minimum atomic E-state index is -0.390. The van der Waals surface area contributed by atoms with Gasteiger partial charge in [0.15, 0.2) is 14.8 Å². The van der Waals surface area contributed by atoms with Gasteiger partial charge >= 0.3 is 0 Å². The smallest absolute Gasteiger partial charge is 0.273 e. The van der Waals surface area contributed by atoms with Crippen LogP contribution < -0.4 is 10.3 Å². The van der Waals surface area contributed by atoms with Crippen LogP contribution in [0.3, 0.4) is 0 Å². The number of hydrogen-bond donors (Lipinski definition) is 0. The fraction of sp³-hybridized carbons (Fsp3) is 0.190. The Labute approximate surface area is 196 Å². The first-order chi connectivity index (χ1) is 14.9. The molecule has 2 aromatic heterocycles. The Kier molecular flexibility index (Phi) is 6.47. The molecule has 0 aliphatic carbocycles. The Balaban J connectivity index is 1.78. The molecule has 0 atom stereocenters. The normalized spacial score (nSPS) is 11.2. The van der Waals surface area contributed by atoms with Crippen LogP contribution in [0, 0.1) is 9.77 Å². The zero-order chi connectivity index (χ0) is 22.1. The lowest BCUT2D eigenvalue weighted by Gasteiger charge is -2.10. The highest BCUT2D eigenvalue weighted by Gasteiger charge is 2.17. The monoisotopic (exact) mass is 493 g/mol. The second-order valence-corrected chi connectivity index (χ2v) is 9.52. The summed E-state index contributed by atoms with van der Waals surface area (Å²) in [6.07, 6.45) is 0. The van der Waals surface area contributed by atoms with Crippen LogP contribution in [0.1, 0.15) is 12.5 Å². The van der Waals surface area contributed by atoms with E-state index in [0.717, 1.165) is 11.4 Å². The quantitative estimate of drug-likeness (QED) is 0.187. The Morgan fingerprint density at radius 2 is 2.00 bits per heavy atom. The van der Waals surface area contributed by atoms with Gasteiger partial charge in [0.25, 0.3) is 5.56 Å². The molecule has 0 saturated carbocycles. The van der Waals surface area contributed by atoms with E-state index in [4.69, 9.17) is 33.5 Å². The lowest BCUT2D eigenvalue weighted by Crippen LogP contribution is -2.19. The summed E-state index contributed by atoms with van der Waals surface area (Å²) in [7, 11) is 1.64. The number of thiazole rings is 1. The molecule has 0 spiro atoms. The number of nitrogens with zero attached hydrogens (tertiary/aromatic N) is 3. The van der Waals surface area contributed by atoms with Gasteiger partial charge < -0.3 is 4.74 Å². The maximum Gasteiger partial charge on any atom is 0.273 e. The van der Waals surface area contributed by atoms with Gasteiger partial charge in [-0.3, -0.25) is 13.9 Å². The molecular weight excluding hydrogens is 477 g/mol. The average Bonchev–Trinajstić information content (AvgIpc) is 3.08. The van der Waals surface area contributed by atoms with E-state index in [9.17, 15) is 9.18 Å². The van der Waals surface area contributed by atoms with Gasteiger partial charge in [0.1, 0.15) is 16.3 Å². The molecular formula is C21H17ClFN3O2S3. The Hall–Kier alpha value is -2.20. The molecule has 31 heavy (non-hydrogen) atoms. The number of aromatic nitrogens is 3. The maximum atomic E-state index is 14.1. The van der Waals surface area contributed by atoms with Crippen molar-refractivity contribution in [1.82, 2.24) is 14.1 Å². The van der Waals surface area contributed by atoms with E-state index in [-0.39, 0.29) is 17.1 Å². The average molecular weight is 494 g/mol. The second kappa shape index (κ2) is 9.12. The summed E-state index contributed by atoms with van der Waals surface area (Å²) in [4.78, 5) is 17.7. The summed E-state index contributed by atoms with van der Waals surface area (Å²) >= 11 is 14.1. The molecule has 10 heteroatoms. The third-order valence-electron chi connectivity index (χ3n) is 4.59. The molecule has 0 N–H and O–H groups in total. The molecule has 0 radical (unpaired) electrons. The third-order valence-corrected chi connectivity index (χ3v) is 7.35. The van der Waals surface area contributed by atoms with Crippen molar-refractivity contribution in [2.24, 2.45) is 7.05 Å². The predicted molar refractivity (Wildman–Crippen MR) is 127 cm³/mol. The summed E-state index contributed by atoms with van der Waals surface area (Å²) < 4.78 is 23.9. The molecule has 0 unspecified atom stereocenters. The van der Waals surface area contributed by atoms with Crippen molar-refractivity contribution in [2.75, 3.05) is 6.61 Å². The molecule has 0 aliphatic rings. The van der Waals surface area contributed by atoms with E-state index in [1.54, 1.807) is 23.7 Å². The number of benzene rings is 2. The van der Waals surface area contributed by atoms with Crippen LogP contribution in [0.4, 0.5) is 4.39 Å². The summed E-state index contributed by atoms with van der Waals surface area (Å²) in [6, 6.07) is 12.0. The van der Waals surface area contributed by atoms with E-state index in [1.165, 1.54) is 33.7 Å². The van der Waals surface area contributed by atoms with Gasteiger partial charge in [-0.25, -0.2) is 9.37 Å².